The van der Waals surface area contributed by atoms with Crippen molar-refractivity contribution in [3.05, 3.63) is 69.3 Å². The molecule has 0 atom stereocenters. The Bertz CT molecular complexity index is 982. The van der Waals surface area contributed by atoms with Crippen molar-refractivity contribution in [2.45, 2.75) is 6.54 Å². The molecule has 3 aromatic rings. The fraction of sp³-hybridized carbons (Fsp3) is 0.0588. The number of carbonyl (C=O) groups is 1. The number of thiocarbonyl (C=S) groups is 1. The molecule has 3 N–H and O–H groups in total. The van der Waals surface area contributed by atoms with E-state index in [2.05, 4.69) is 0 Å². The average Bonchev–Trinajstić information content (AvgIpc) is 2.89. The van der Waals surface area contributed by atoms with Gasteiger partial charge in [0.15, 0.2) is 0 Å². The molecule has 0 aliphatic rings. The van der Waals surface area contributed by atoms with Crippen LogP contribution in [-0.4, -0.2) is 20.6 Å². The first kappa shape index (κ1) is 16.8. The maximum absolute atomic E-state index is 11.5. The van der Waals surface area contributed by atoms with Gasteiger partial charge in [-0.25, -0.2) is 4.79 Å². The Kier molecular flexibility index (Phi) is 4.49. The second kappa shape index (κ2) is 6.43. The molecule has 0 aliphatic heterocycles. The van der Waals surface area contributed by atoms with Crippen LogP contribution >= 0.6 is 35.4 Å². The van der Waals surface area contributed by atoms with Gasteiger partial charge in [-0.15, -0.1) is 0 Å². The van der Waals surface area contributed by atoms with Gasteiger partial charge in [0.1, 0.15) is 4.99 Å². The summed E-state index contributed by atoms with van der Waals surface area (Å²) in [6.07, 6.45) is 1.60. The van der Waals surface area contributed by atoms with E-state index in [1.54, 1.807) is 36.5 Å². The lowest BCUT2D eigenvalue weighted by molar-refractivity contribution is 0.0699. The number of rotatable bonds is 4. The van der Waals surface area contributed by atoms with Crippen molar-refractivity contribution in [2.24, 2.45) is 5.73 Å². The van der Waals surface area contributed by atoms with Crippen molar-refractivity contribution >= 4 is 57.3 Å². The van der Waals surface area contributed by atoms with E-state index in [4.69, 9.17) is 41.2 Å². The first-order valence-corrected chi connectivity index (χ1v) is 8.13. The predicted octanol–water partition coefficient (Wildman–Crippen LogP) is 4.33. The summed E-state index contributed by atoms with van der Waals surface area (Å²) in [6.45, 7) is 0.446. The van der Waals surface area contributed by atoms with Gasteiger partial charge in [0.25, 0.3) is 0 Å². The third-order valence-electron chi connectivity index (χ3n) is 3.73. The van der Waals surface area contributed by atoms with Gasteiger partial charge in [-0.2, -0.15) is 0 Å². The molecule has 2 aromatic carbocycles. The summed E-state index contributed by atoms with van der Waals surface area (Å²) in [5.74, 6) is -0.990. The lowest BCUT2D eigenvalue weighted by atomic mass is 10.1. The monoisotopic (exact) mass is 378 g/mol. The molecule has 1 heterocycles. The van der Waals surface area contributed by atoms with Crippen LogP contribution in [0, 0.1) is 0 Å². The number of carboxylic acid groups (broad SMARTS) is 1. The summed E-state index contributed by atoms with van der Waals surface area (Å²) >= 11 is 17.0. The zero-order chi connectivity index (χ0) is 17.4. The number of carboxylic acids is 1. The largest absolute Gasteiger partial charge is 0.478 e. The highest BCUT2D eigenvalue weighted by Gasteiger charge is 2.15. The van der Waals surface area contributed by atoms with Crippen LogP contribution in [0.15, 0.2) is 42.6 Å². The van der Waals surface area contributed by atoms with Crippen molar-refractivity contribution in [1.82, 2.24) is 4.57 Å². The molecule has 0 fully saturated rings. The molecule has 122 valence electrons. The number of nitrogens with zero attached hydrogens (tertiary/aromatic N) is 1. The van der Waals surface area contributed by atoms with Gasteiger partial charge in [-0.1, -0.05) is 53.6 Å². The molecule has 0 saturated heterocycles. The van der Waals surface area contributed by atoms with Crippen LogP contribution in [0.2, 0.25) is 10.0 Å². The molecule has 0 radical (unpaired) electrons. The maximum Gasteiger partial charge on any atom is 0.337 e. The number of hydrogen-bond acceptors (Lipinski definition) is 2. The summed E-state index contributed by atoms with van der Waals surface area (Å²) in [4.78, 5) is 11.8. The molecule has 0 unspecified atom stereocenters. The molecular weight excluding hydrogens is 367 g/mol. The first-order valence-electron chi connectivity index (χ1n) is 6.96. The van der Waals surface area contributed by atoms with Gasteiger partial charge in [-0.05, 0) is 23.8 Å². The highest BCUT2D eigenvalue weighted by Crippen LogP contribution is 2.26. The summed E-state index contributed by atoms with van der Waals surface area (Å²) in [6, 6.07) is 10.6. The molecule has 0 bridgehead atoms. The number of halogens is 2. The van der Waals surface area contributed by atoms with E-state index in [0.29, 0.717) is 27.5 Å². The van der Waals surface area contributed by atoms with Crippen molar-refractivity contribution in [2.75, 3.05) is 0 Å². The fourth-order valence-corrected chi connectivity index (χ4v) is 3.03. The van der Waals surface area contributed by atoms with Gasteiger partial charge in [0, 0.05) is 29.2 Å². The third-order valence-corrected chi connectivity index (χ3v) is 4.71. The normalized spacial score (nSPS) is 10.9. The van der Waals surface area contributed by atoms with E-state index in [9.17, 15) is 9.90 Å². The van der Waals surface area contributed by atoms with Crippen LogP contribution in [0.5, 0.6) is 0 Å². The van der Waals surface area contributed by atoms with Gasteiger partial charge in [0.2, 0.25) is 0 Å². The molecule has 0 amide bonds. The van der Waals surface area contributed by atoms with Gasteiger partial charge < -0.3 is 15.4 Å². The predicted molar refractivity (Wildman–Crippen MR) is 100 cm³/mol. The highest BCUT2D eigenvalue weighted by atomic mass is 35.5. The van der Waals surface area contributed by atoms with Crippen molar-refractivity contribution in [3.8, 4) is 0 Å². The van der Waals surface area contributed by atoms with Crippen LogP contribution in [0.4, 0.5) is 0 Å². The van der Waals surface area contributed by atoms with Crippen LogP contribution in [0.3, 0.4) is 0 Å². The van der Waals surface area contributed by atoms with E-state index >= 15 is 0 Å². The molecule has 1 aromatic heterocycles. The lowest BCUT2D eigenvalue weighted by Gasteiger charge is -2.08. The van der Waals surface area contributed by atoms with Gasteiger partial charge >= 0.3 is 5.97 Å². The number of fused-ring (bicyclic) bond motifs is 1. The molecule has 24 heavy (non-hydrogen) atoms. The number of benzene rings is 2. The second-order valence-corrected chi connectivity index (χ2v) is 6.57. The Balaban J connectivity index is 2.14. The number of hydrogen-bond donors (Lipinski definition) is 2. The van der Waals surface area contributed by atoms with E-state index in [0.717, 1.165) is 11.1 Å². The van der Waals surface area contributed by atoms with E-state index < -0.39 is 5.97 Å². The van der Waals surface area contributed by atoms with Gasteiger partial charge in [0.05, 0.1) is 15.6 Å². The van der Waals surface area contributed by atoms with E-state index in [1.165, 1.54) is 0 Å². The number of aromatic carboxylic acids is 1. The van der Waals surface area contributed by atoms with Gasteiger partial charge in [-0.3, -0.25) is 0 Å². The molecule has 3 rings (SSSR count). The molecule has 0 aliphatic carbocycles. The summed E-state index contributed by atoms with van der Waals surface area (Å²) < 4.78 is 1.83. The zero-order valence-corrected chi connectivity index (χ0v) is 14.6. The average molecular weight is 379 g/mol. The Morgan fingerprint density at radius 1 is 1.17 bits per heavy atom. The van der Waals surface area contributed by atoms with Crippen molar-refractivity contribution < 1.29 is 9.90 Å². The van der Waals surface area contributed by atoms with Crippen molar-refractivity contribution in [1.29, 1.82) is 0 Å². The Hall–Kier alpha value is -2.08. The zero-order valence-electron chi connectivity index (χ0n) is 12.3. The lowest BCUT2D eigenvalue weighted by Crippen LogP contribution is -2.09. The number of aromatic nitrogens is 1. The first-order chi connectivity index (χ1) is 11.4. The highest BCUT2D eigenvalue weighted by molar-refractivity contribution is 7.80. The second-order valence-electron chi connectivity index (χ2n) is 5.32. The smallest absolute Gasteiger partial charge is 0.337 e. The summed E-state index contributed by atoms with van der Waals surface area (Å²) in [5, 5.41) is 11.0. The fourth-order valence-electron chi connectivity index (χ4n) is 2.58. The van der Waals surface area contributed by atoms with Crippen LogP contribution in [0.1, 0.15) is 21.5 Å². The third kappa shape index (κ3) is 3.11. The number of nitrogens with two attached hydrogens (primary N) is 1. The van der Waals surface area contributed by atoms with Crippen LogP contribution < -0.4 is 5.73 Å². The van der Waals surface area contributed by atoms with Crippen LogP contribution in [-0.2, 0) is 6.54 Å². The minimum atomic E-state index is -0.990. The minimum absolute atomic E-state index is 0.222. The standard InChI is InChI=1S/C17H12Cl2N2O2S/c18-13-4-1-9(5-14(13)19)7-21-8-12(17(22)23)11-3-2-10(16(20)24)6-15(11)21/h1-6,8H,7H2,(H2,20,24)(H,22,23). The molecular formula is C17H12Cl2N2O2S. The molecule has 4 nitrogen and oxygen atoms in total. The topological polar surface area (TPSA) is 68.2 Å². The molecule has 7 heteroatoms. The Morgan fingerprint density at radius 3 is 2.54 bits per heavy atom. The molecule has 0 spiro atoms. The van der Waals surface area contributed by atoms with Crippen molar-refractivity contribution in [3.63, 3.8) is 0 Å². The maximum atomic E-state index is 11.5. The molecule has 0 saturated carbocycles. The quantitative estimate of drug-likeness (QED) is 0.663. The summed E-state index contributed by atoms with van der Waals surface area (Å²) in [7, 11) is 0. The van der Waals surface area contributed by atoms with E-state index in [-0.39, 0.29) is 10.6 Å². The Labute approximate surface area is 153 Å². The summed E-state index contributed by atoms with van der Waals surface area (Å²) in [5.41, 5.74) is 8.23. The Morgan fingerprint density at radius 2 is 1.92 bits per heavy atom. The van der Waals surface area contributed by atoms with Crippen LogP contribution in [0.25, 0.3) is 10.9 Å². The minimum Gasteiger partial charge on any atom is -0.478 e. The SMILES string of the molecule is NC(=S)c1ccc2c(C(=O)O)cn(Cc3ccc(Cl)c(Cl)c3)c2c1. The van der Waals surface area contributed by atoms with E-state index in [1.807, 2.05) is 10.6 Å².